The number of nitrogens with one attached hydrogen (secondary N) is 1. The number of benzene rings is 4. The molecule has 1 unspecified atom stereocenters. The first kappa shape index (κ1) is 26.8. The number of carbonyl (C=O) groups excluding carboxylic acids is 2. The Labute approximate surface area is 227 Å². The van der Waals surface area contributed by atoms with Gasteiger partial charge in [0.05, 0.1) is 12.3 Å². The highest BCUT2D eigenvalue weighted by molar-refractivity contribution is 6.30. The molecule has 0 aliphatic carbocycles. The first-order valence-corrected chi connectivity index (χ1v) is 12.8. The normalized spacial score (nSPS) is 11.5. The van der Waals surface area contributed by atoms with Gasteiger partial charge in [0.2, 0.25) is 5.91 Å². The summed E-state index contributed by atoms with van der Waals surface area (Å²) in [4.78, 5) is 36.9. The van der Waals surface area contributed by atoms with Crippen molar-refractivity contribution in [3.63, 3.8) is 0 Å². The summed E-state index contributed by atoms with van der Waals surface area (Å²) in [5.74, 6) is -1.99. The van der Waals surface area contributed by atoms with E-state index >= 15 is 0 Å². The lowest BCUT2D eigenvalue weighted by Gasteiger charge is -2.12. The van der Waals surface area contributed by atoms with E-state index in [4.69, 9.17) is 11.6 Å². The molecule has 0 aromatic heterocycles. The van der Waals surface area contributed by atoms with Gasteiger partial charge >= 0.3 is 5.97 Å². The molecule has 0 fully saturated rings. The second-order valence-corrected chi connectivity index (χ2v) is 9.63. The molecule has 0 bridgehead atoms. The highest BCUT2D eigenvalue weighted by atomic mass is 35.5. The topological polar surface area (TPSA) is 83.5 Å². The molecule has 0 saturated heterocycles. The highest BCUT2D eigenvalue weighted by Crippen LogP contribution is 2.24. The number of carboxylic acids is 1. The maximum Gasteiger partial charge on any atom is 0.306 e. The number of hydrogen-bond donors (Lipinski definition) is 2. The lowest BCUT2D eigenvalue weighted by Crippen LogP contribution is -2.19. The third kappa shape index (κ3) is 7.64. The number of Topliss-reactive ketones (excluding diaryl/α,β-unsaturated/α-hetero) is 1. The monoisotopic (exact) mass is 525 g/mol. The average molecular weight is 526 g/mol. The van der Waals surface area contributed by atoms with Gasteiger partial charge in [0.1, 0.15) is 0 Å². The van der Waals surface area contributed by atoms with Gasteiger partial charge in [0.25, 0.3) is 0 Å². The number of aliphatic carboxylic acids is 1. The molecule has 0 aliphatic heterocycles. The number of carbonyl (C=O) groups is 3. The molecule has 1 atom stereocenters. The van der Waals surface area contributed by atoms with E-state index in [-0.39, 0.29) is 24.5 Å². The van der Waals surface area contributed by atoms with E-state index in [1.165, 1.54) is 0 Å². The van der Waals surface area contributed by atoms with Crippen LogP contribution in [-0.4, -0.2) is 22.8 Å². The number of rotatable bonds is 11. The summed E-state index contributed by atoms with van der Waals surface area (Å²) < 4.78 is 0. The molecule has 2 N–H and O–H groups in total. The number of carboxylic acid groups (broad SMARTS) is 1. The van der Waals surface area contributed by atoms with Gasteiger partial charge in [0.15, 0.2) is 5.78 Å². The van der Waals surface area contributed by atoms with E-state index in [9.17, 15) is 19.5 Å². The van der Waals surface area contributed by atoms with Crippen LogP contribution in [0, 0.1) is 5.92 Å². The Bertz CT molecular complexity index is 1380. The van der Waals surface area contributed by atoms with Crippen LogP contribution in [0.1, 0.15) is 34.3 Å². The van der Waals surface area contributed by atoms with Gasteiger partial charge < -0.3 is 10.4 Å². The zero-order valence-corrected chi connectivity index (χ0v) is 21.5. The van der Waals surface area contributed by atoms with Crippen LogP contribution < -0.4 is 5.32 Å². The zero-order valence-electron chi connectivity index (χ0n) is 20.8. The molecule has 0 radical (unpaired) electrons. The van der Waals surface area contributed by atoms with Crippen molar-refractivity contribution < 1.29 is 19.5 Å². The fourth-order valence-corrected chi connectivity index (χ4v) is 4.35. The smallest absolute Gasteiger partial charge is 0.306 e. The fourth-order valence-electron chi connectivity index (χ4n) is 4.23. The predicted octanol–water partition coefficient (Wildman–Crippen LogP) is 7.09. The van der Waals surface area contributed by atoms with Gasteiger partial charge in [-0.05, 0) is 59.4 Å². The molecular formula is C32H28ClNO4. The second-order valence-electron chi connectivity index (χ2n) is 9.19. The number of amides is 1. The minimum atomic E-state index is -0.953. The predicted molar refractivity (Wildman–Crippen MR) is 150 cm³/mol. The van der Waals surface area contributed by atoms with Crippen LogP contribution in [0.2, 0.25) is 5.02 Å². The summed E-state index contributed by atoms with van der Waals surface area (Å²) in [6.45, 7) is 0. The Morgan fingerprint density at radius 1 is 0.737 bits per heavy atom. The number of ketones is 1. The molecule has 0 heterocycles. The molecule has 0 aliphatic rings. The Kier molecular flexibility index (Phi) is 9.07. The Hall–Kier alpha value is -4.22. The summed E-state index contributed by atoms with van der Waals surface area (Å²) in [5, 5.41) is 13.1. The first-order chi connectivity index (χ1) is 18.4. The lowest BCUT2D eigenvalue weighted by molar-refractivity contribution is -0.141. The second kappa shape index (κ2) is 12.8. The first-order valence-electron chi connectivity index (χ1n) is 12.4. The van der Waals surface area contributed by atoms with E-state index in [2.05, 4.69) is 5.32 Å². The minimum Gasteiger partial charge on any atom is -0.481 e. The van der Waals surface area contributed by atoms with Gasteiger partial charge in [-0.15, -0.1) is 0 Å². The Morgan fingerprint density at radius 2 is 1.34 bits per heavy atom. The van der Waals surface area contributed by atoms with Crippen molar-refractivity contribution >= 4 is 34.9 Å². The van der Waals surface area contributed by atoms with Crippen LogP contribution in [0.5, 0.6) is 0 Å². The molecule has 0 spiro atoms. The molecule has 4 rings (SSSR count). The van der Waals surface area contributed by atoms with Crippen LogP contribution in [0.4, 0.5) is 5.69 Å². The average Bonchev–Trinajstić information content (AvgIpc) is 2.93. The number of hydrogen-bond acceptors (Lipinski definition) is 3. The summed E-state index contributed by atoms with van der Waals surface area (Å²) >= 11 is 5.89. The van der Waals surface area contributed by atoms with Crippen LogP contribution in [0.25, 0.3) is 11.1 Å². The van der Waals surface area contributed by atoms with Gasteiger partial charge in [-0.2, -0.15) is 0 Å². The molecule has 1 amide bonds. The lowest BCUT2D eigenvalue weighted by atomic mass is 9.92. The van der Waals surface area contributed by atoms with E-state index in [0.717, 1.165) is 22.3 Å². The van der Waals surface area contributed by atoms with Gasteiger partial charge in [-0.3, -0.25) is 14.4 Å². The molecule has 192 valence electrons. The number of aryl methyl sites for hydroxylation is 1. The third-order valence-electron chi connectivity index (χ3n) is 6.39. The van der Waals surface area contributed by atoms with Gasteiger partial charge in [-0.1, -0.05) is 90.5 Å². The van der Waals surface area contributed by atoms with E-state index < -0.39 is 11.9 Å². The van der Waals surface area contributed by atoms with E-state index in [1.54, 1.807) is 24.3 Å². The fraction of sp³-hybridized carbons (Fsp3) is 0.156. The summed E-state index contributed by atoms with van der Waals surface area (Å²) in [6, 6.07) is 31.5. The molecular weight excluding hydrogens is 498 g/mol. The summed E-state index contributed by atoms with van der Waals surface area (Å²) in [6.07, 6.45) is 1.24. The molecule has 6 heteroatoms. The third-order valence-corrected chi connectivity index (χ3v) is 6.64. The van der Waals surface area contributed by atoms with Gasteiger partial charge in [0, 0.05) is 22.7 Å². The SMILES string of the molecule is O=C(Cc1ccc(Cl)cc1)Nc1ccc(-c2ccc(C(=O)CC(CCc3ccccc3)C(=O)O)cc2)cc1. The highest BCUT2D eigenvalue weighted by Gasteiger charge is 2.22. The molecule has 5 nitrogen and oxygen atoms in total. The quantitative estimate of drug-likeness (QED) is 0.205. The Balaban J connectivity index is 1.32. The van der Waals surface area contributed by atoms with Crippen molar-refractivity contribution in [2.75, 3.05) is 5.32 Å². The summed E-state index contributed by atoms with van der Waals surface area (Å²) in [7, 11) is 0. The van der Waals surface area contributed by atoms with Crippen molar-refractivity contribution in [2.24, 2.45) is 5.92 Å². The van der Waals surface area contributed by atoms with Crippen molar-refractivity contribution in [1.29, 1.82) is 0 Å². The van der Waals surface area contributed by atoms with Crippen molar-refractivity contribution in [3.05, 3.63) is 125 Å². The van der Waals surface area contributed by atoms with Crippen LogP contribution >= 0.6 is 11.6 Å². The standard InChI is InChI=1S/C32H28ClNO4/c33-28-16-7-23(8-17-28)20-31(36)34-29-18-14-25(15-19-29)24-10-12-26(13-11-24)30(35)21-27(32(37)38)9-6-22-4-2-1-3-5-22/h1-5,7-8,10-19,27H,6,9,20-21H2,(H,34,36)(H,37,38). The molecule has 4 aromatic carbocycles. The van der Waals surface area contributed by atoms with Crippen molar-refractivity contribution in [3.8, 4) is 11.1 Å². The number of anilines is 1. The van der Waals surface area contributed by atoms with Gasteiger partial charge in [-0.25, -0.2) is 0 Å². The number of halogens is 1. The van der Waals surface area contributed by atoms with Crippen molar-refractivity contribution in [2.45, 2.75) is 25.7 Å². The van der Waals surface area contributed by atoms with E-state index in [1.807, 2.05) is 78.9 Å². The molecule has 0 saturated carbocycles. The zero-order chi connectivity index (χ0) is 26.9. The Morgan fingerprint density at radius 3 is 1.95 bits per heavy atom. The largest absolute Gasteiger partial charge is 0.481 e. The minimum absolute atomic E-state index is 0.0358. The maximum atomic E-state index is 12.8. The summed E-state index contributed by atoms with van der Waals surface area (Å²) in [5.41, 5.74) is 4.97. The van der Waals surface area contributed by atoms with Crippen LogP contribution in [-0.2, 0) is 22.4 Å². The maximum absolute atomic E-state index is 12.8. The molecule has 4 aromatic rings. The molecule has 38 heavy (non-hydrogen) atoms. The van der Waals surface area contributed by atoms with Crippen LogP contribution in [0.15, 0.2) is 103 Å². The van der Waals surface area contributed by atoms with E-state index in [0.29, 0.717) is 29.1 Å². The van der Waals surface area contributed by atoms with Crippen LogP contribution in [0.3, 0.4) is 0 Å². The van der Waals surface area contributed by atoms with Crippen molar-refractivity contribution in [1.82, 2.24) is 0 Å².